The van der Waals surface area contributed by atoms with Gasteiger partial charge in [-0.25, -0.2) is 4.39 Å². The second-order valence-corrected chi connectivity index (χ2v) is 3.39. The van der Waals surface area contributed by atoms with E-state index in [1.165, 1.54) is 6.07 Å². The van der Waals surface area contributed by atoms with Gasteiger partial charge in [0, 0.05) is 18.3 Å². The van der Waals surface area contributed by atoms with E-state index in [1.807, 2.05) is 0 Å². The minimum absolute atomic E-state index is 0.126. The van der Waals surface area contributed by atoms with Crippen LogP contribution in [0.2, 0.25) is 0 Å². The Hall–Kier alpha value is -1.58. The molecule has 0 aliphatic rings. The van der Waals surface area contributed by atoms with E-state index >= 15 is 0 Å². The molecule has 0 heterocycles. The lowest BCUT2D eigenvalue weighted by Crippen LogP contribution is -2.35. The Kier molecular flexibility index (Phi) is 3.66. The summed E-state index contributed by atoms with van der Waals surface area (Å²) in [6, 6.07) is 4.37. The Morgan fingerprint density at radius 3 is 2.73 bits per heavy atom. The van der Waals surface area contributed by atoms with E-state index in [0.29, 0.717) is 11.3 Å². The first-order chi connectivity index (χ1) is 7.06. The molecule has 1 aromatic rings. The van der Waals surface area contributed by atoms with Crippen molar-refractivity contribution in [2.24, 2.45) is 0 Å². The van der Waals surface area contributed by atoms with E-state index < -0.39 is 0 Å². The third kappa shape index (κ3) is 2.68. The number of nitrogens with one attached hydrogen (secondary N) is 2. The fourth-order valence-corrected chi connectivity index (χ4v) is 1.28. The van der Waals surface area contributed by atoms with E-state index in [4.69, 9.17) is 0 Å². The van der Waals surface area contributed by atoms with Crippen LogP contribution in [0.1, 0.15) is 12.5 Å². The van der Waals surface area contributed by atoms with Gasteiger partial charge in [-0.05, 0) is 26.0 Å². The molecule has 1 amide bonds. The van der Waals surface area contributed by atoms with E-state index in [-0.39, 0.29) is 17.8 Å². The first kappa shape index (κ1) is 11.5. The molecule has 0 aromatic heterocycles. The Morgan fingerprint density at radius 1 is 1.47 bits per heavy atom. The second-order valence-electron chi connectivity index (χ2n) is 3.39. The highest BCUT2D eigenvalue weighted by Gasteiger charge is 2.12. The molecule has 0 radical (unpaired) electrons. The van der Waals surface area contributed by atoms with Gasteiger partial charge in [-0.3, -0.25) is 4.79 Å². The molecule has 0 bridgehead atoms. The number of rotatable bonds is 3. The van der Waals surface area contributed by atoms with Crippen LogP contribution >= 0.6 is 0 Å². The second kappa shape index (κ2) is 4.77. The summed E-state index contributed by atoms with van der Waals surface area (Å²) in [4.78, 5) is 11.2. The maximum atomic E-state index is 13.2. The summed E-state index contributed by atoms with van der Waals surface area (Å²) in [6.45, 7) is 3.40. The molecule has 1 unspecified atom stereocenters. The van der Waals surface area contributed by atoms with Gasteiger partial charge in [0.25, 0.3) is 0 Å². The van der Waals surface area contributed by atoms with Crippen molar-refractivity contribution in [2.75, 3.05) is 12.4 Å². The van der Waals surface area contributed by atoms with Crippen molar-refractivity contribution in [1.82, 2.24) is 5.32 Å². The van der Waals surface area contributed by atoms with Gasteiger partial charge in [0.2, 0.25) is 5.91 Å². The van der Waals surface area contributed by atoms with Crippen LogP contribution in [0.5, 0.6) is 0 Å². The highest BCUT2D eigenvalue weighted by Crippen LogP contribution is 2.18. The van der Waals surface area contributed by atoms with Gasteiger partial charge in [-0.1, -0.05) is 6.07 Å². The van der Waals surface area contributed by atoms with Gasteiger partial charge in [-0.15, -0.1) is 0 Å². The van der Waals surface area contributed by atoms with Crippen LogP contribution in [-0.4, -0.2) is 19.0 Å². The molecule has 82 valence electrons. The number of amides is 1. The van der Waals surface area contributed by atoms with E-state index in [1.54, 1.807) is 33.0 Å². The molecule has 1 atom stereocenters. The van der Waals surface area contributed by atoms with E-state index in [9.17, 15) is 9.18 Å². The van der Waals surface area contributed by atoms with E-state index in [0.717, 1.165) is 0 Å². The highest BCUT2D eigenvalue weighted by atomic mass is 19.1. The lowest BCUT2D eigenvalue weighted by atomic mass is 10.1. The van der Waals surface area contributed by atoms with Crippen molar-refractivity contribution < 1.29 is 9.18 Å². The van der Waals surface area contributed by atoms with Crippen LogP contribution in [0.4, 0.5) is 10.1 Å². The van der Waals surface area contributed by atoms with Gasteiger partial charge in [-0.2, -0.15) is 0 Å². The molecule has 0 fully saturated rings. The SMILES string of the molecule is CNC(=O)C(C)Nc1cccc(F)c1C. The predicted octanol–water partition coefficient (Wildman–Crippen LogP) is 1.68. The van der Waals surface area contributed by atoms with E-state index in [2.05, 4.69) is 10.6 Å². The number of carbonyl (C=O) groups excluding carboxylic acids is 1. The Bertz CT molecular complexity index is 366. The molecule has 0 saturated heterocycles. The standard InChI is InChI=1S/C11H15FN2O/c1-7-9(12)5-4-6-10(7)14-8(2)11(15)13-3/h4-6,8,14H,1-3H3,(H,13,15). The van der Waals surface area contributed by atoms with Crippen LogP contribution in [0.25, 0.3) is 0 Å². The van der Waals surface area contributed by atoms with Crippen molar-refractivity contribution >= 4 is 11.6 Å². The predicted molar refractivity (Wildman–Crippen MR) is 58.3 cm³/mol. The molecule has 2 N–H and O–H groups in total. The molecule has 0 spiro atoms. The first-order valence-corrected chi connectivity index (χ1v) is 4.79. The van der Waals surface area contributed by atoms with Crippen molar-refractivity contribution in [1.29, 1.82) is 0 Å². The molecular weight excluding hydrogens is 195 g/mol. The summed E-state index contributed by atoms with van der Waals surface area (Å²) in [5.41, 5.74) is 1.17. The number of halogens is 1. The summed E-state index contributed by atoms with van der Waals surface area (Å²) < 4.78 is 13.2. The monoisotopic (exact) mass is 210 g/mol. The van der Waals surface area contributed by atoms with Gasteiger partial charge in [0.15, 0.2) is 0 Å². The minimum atomic E-state index is -0.379. The summed E-state index contributed by atoms with van der Waals surface area (Å²) in [6.07, 6.45) is 0. The van der Waals surface area contributed by atoms with Crippen LogP contribution in [0, 0.1) is 12.7 Å². The minimum Gasteiger partial charge on any atom is -0.374 e. The van der Waals surface area contributed by atoms with Crippen molar-refractivity contribution in [3.8, 4) is 0 Å². The average molecular weight is 210 g/mol. The number of anilines is 1. The molecule has 4 heteroatoms. The van der Waals surface area contributed by atoms with Crippen LogP contribution < -0.4 is 10.6 Å². The third-order valence-corrected chi connectivity index (χ3v) is 2.28. The molecule has 1 aromatic carbocycles. The van der Waals surface area contributed by atoms with Crippen molar-refractivity contribution in [3.63, 3.8) is 0 Å². The number of hydrogen-bond donors (Lipinski definition) is 2. The van der Waals surface area contributed by atoms with Gasteiger partial charge < -0.3 is 10.6 Å². The van der Waals surface area contributed by atoms with Gasteiger partial charge in [0.1, 0.15) is 11.9 Å². The Balaban J connectivity index is 2.81. The summed E-state index contributed by atoms with van der Waals surface area (Å²) in [5.74, 6) is -0.400. The first-order valence-electron chi connectivity index (χ1n) is 4.79. The largest absolute Gasteiger partial charge is 0.374 e. The van der Waals surface area contributed by atoms with Crippen LogP contribution in [0.15, 0.2) is 18.2 Å². The van der Waals surface area contributed by atoms with Gasteiger partial charge in [0.05, 0.1) is 0 Å². The fourth-order valence-electron chi connectivity index (χ4n) is 1.28. The van der Waals surface area contributed by atoms with Crippen LogP contribution in [0.3, 0.4) is 0 Å². The fraction of sp³-hybridized carbons (Fsp3) is 0.364. The quantitative estimate of drug-likeness (QED) is 0.797. The number of hydrogen-bond acceptors (Lipinski definition) is 2. The normalized spacial score (nSPS) is 12.0. The zero-order valence-electron chi connectivity index (χ0n) is 9.10. The van der Waals surface area contributed by atoms with Crippen LogP contribution in [-0.2, 0) is 4.79 Å². The molecule has 15 heavy (non-hydrogen) atoms. The Labute approximate surface area is 88.7 Å². The number of likely N-dealkylation sites (N-methyl/N-ethyl adjacent to an activating group) is 1. The number of benzene rings is 1. The molecule has 0 aliphatic heterocycles. The zero-order valence-corrected chi connectivity index (χ0v) is 9.10. The van der Waals surface area contributed by atoms with Crippen molar-refractivity contribution in [2.45, 2.75) is 19.9 Å². The Morgan fingerprint density at radius 2 is 2.13 bits per heavy atom. The maximum Gasteiger partial charge on any atom is 0.241 e. The molecule has 0 saturated carbocycles. The summed E-state index contributed by atoms with van der Waals surface area (Å²) >= 11 is 0. The topological polar surface area (TPSA) is 41.1 Å². The van der Waals surface area contributed by atoms with Gasteiger partial charge >= 0.3 is 0 Å². The third-order valence-electron chi connectivity index (χ3n) is 2.28. The molecular formula is C11H15FN2O. The molecule has 1 rings (SSSR count). The summed E-state index contributed by atoms with van der Waals surface area (Å²) in [7, 11) is 1.57. The highest BCUT2D eigenvalue weighted by molar-refractivity contribution is 5.84. The molecule has 3 nitrogen and oxygen atoms in total. The summed E-state index contributed by atoms with van der Waals surface area (Å²) in [5, 5.41) is 5.47. The average Bonchev–Trinajstić information content (AvgIpc) is 2.23. The smallest absolute Gasteiger partial charge is 0.241 e. The zero-order chi connectivity index (χ0) is 11.4. The molecule has 0 aliphatic carbocycles. The van der Waals surface area contributed by atoms with Crippen molar-refractivity contribution in [3.05, 3.63) is 29.6 Å². The number of carbonyl (C=O) groups is 1. The lowest BCUT2D eigenvalue weighted by Gasteiger charge is -2.15. The lowest BCUT2D eigenvalue weighted by molar-refractivity contribution is -0.121. The maximum absolute atomic E-state index is 13.2.